The first-order valence-electron chi connectivity index (χ1n) is 5.89. The first kappa shape index (κ1) is 15.4. The monoisotopic (exact) mass is 317 g/mol. The lowest BCUT2D eigenvalue weighted by Gasteiger charge is -2.14. The van der Waals surface area contributed by atoms with Gasteiger partial charge in [-0.15, -0.1) is 0 Å². The van der Waals surface area contributed by atoms with E-state index < -0.39 is 0 Å². The van der Waals surface area contributed by atoms with Crippen molar-refractivity contribution in [2.75, 3.05) is 33.5 Å². The minimum Gasteiger partial charge on any atom is -0.491 e. The molecule has 4 nitrogen and oxygen atoms in total. The van der Waals surface area contributed by atoms with E-state index in [-0.39, 0.29) is 6.04 Å². The predicted octanol–water partition coefficient (Wildman–Crippen LogP) is 2.51. The largest absolute Gasteiger partial charge is 0.491 e. The molecule has 2 N–H and O–H groups in total. The standard InChI is InChI=1S/C13H20BrNO3/c1-10(15)12-9-11(14)3-4-13(12)18-8-7-17-6-5-16-2/h3-4,9-10H,5-8,15H2,1-2H3/t10-/m1/s1. The Morgan fingerprint density at radius 2 is 1.94 bits per heavy atom. The molecule has 0 aliphatic carbocycles. The highest BCUT2D eigenvalue weighted by Gasteiger charge is 2.08. The first-order chi connectivity index (χ1) is 8.65. The molecule has 0 amide bonds. The Balaban J connectivity index is 2.42. The minimum atomic E-state index is -0.0630. The van der Waals surface area contributed by atoms with Crippen molar-refractivity contribution in [3.8, 4) is 5.75 Å². The Labute approximate surface area is 117 Å². The molecule has 1 atom stereocenters. The topological polar surface area (TPSA) is 53.7 Å². The number of benzene rings is 1. The van der Waals surface area contributed by atoms with Crippen molar-refractivity contribution in [3.05, 3.63) is 28.2 Å². The molecule has 0 unspecified atom stereocenters. The Kier molecular flexibility index (Phi) is 7.27. The van der Waals surface area contributed by atoms with Crippen molar-refractivity contribution in [1.82, 2.24) is 0 Å². The van der Waals surface area contributed by atoms with Gasteiger partial charge >= 0.3 is 0 Å². The Morgan fingerprint density at radius 1 is 1.22 bits per heavy atom. The van der Waals surface area contributed by atoms with Gasteiger partial charge in [0.15, 0.2) is 0 Å². The zero-order valence-corrected chi connectivity index (χ0v) is 12.4. The van der Waals surface area contributed by atoms with E-state index in [1.54, 1.807) is 7.11 Å². The average Bonchev–Trinajstić information content (AvgIpc) is 2.35. The molecule has 0 bridgehead atoms. The molecule has 18 heavy (non-hydrogen) atoms. The van der Waals surface area contributed by atoms with Crippen LogP contribution in [-0.4, -0.2) is 33.5 Å². The van der Waals surface area contributed by atoms with Gasteiger partial charge in [0, 0.05) is 23.2 Å². The molecule has 0 saturated carbocycles. The summed E-state index contributed by atoms with van der Waals surface area (Å²) in [6.45, 7) is 4.16. The molecule has 0 saturated heterocycles. The molecular formula is C13H20BrNO3. The molecule has 0 heterocycles. The van der Waals surface area contributed by atoms with E-state index in [4.69, 9.17) is 19.9 Å². The molecule has 5 heteroatoms. The summed E-state index contributed by atoms with van der Waals surface area (Å²) in [7, 11) is 1.65. The van der Waals surface area contributed by atoms with Gasteiger partial charge in [-0.2, -0.15) is 0 Å². The second-order valence-electron chi connectivity index (χ2n) is 3.92. The molecule has 0 aromatic heterocycles. The SMILES string of the molecule is COCCOCCOc1ccc(Br)cc1[C@@H](C)N. The van der Waals surface area contributed by atoms with Gasteiger partial charge in [0.25, 0.3) is 0 Å². The summed E-state index contributed by atoms with van der Waals surface area (Å²) >= 11 is 3.43. The summed E-state index contributed by atoms with van der Waals surface area (Å²) in [6, 6.07) is 5.77. The Hall–Kier alpha value is -0.620. The smallest absolute Gasteiger partial charge is 0.124 e. The van der Waals surface area contributed by atoms with Crippen LogP contribution in [-0.2, 0) is 9.47 Å². The van der Waals surface area contributed by atoms with Crippen molar-refractivity contribution in [2.45, 2.75) is 13.0 Å². The predicted molar refractivity (Wildman–Crippen MR) is 74.9 cm³/mol. The van der Waals surface area contributed by atoms with Crippen LogP contribution in [0.2, 0.25) is 0 Å². The van der Waals surface area contributed by atoms with Crippen LogP contribution in [0.15, 0.2) is 22.7 Å². The van der Waals surface area contributed by atoms with Crippen molar-refractivity contribution in [3.63, 3.8) is 0 Å². The van der Waals surface area contributed by atoms with Gasteiger partial charge in [-0.05, 0) is 25.1 Å². The summed E-state index contributed by atoms with van der Waals surface area (Å²) in [5.74, 6) is 0.809. The van der Waals surface area contributed by atoms with Crippen molar-refractivity contribution < 1.29 is 14.2 Å². The maximum atomic E-state index is 5.90. The number of halogens is 1. The zero-order valence-electron chi connectivity index (χ0n) is 10.8. The Morgan fingerprint density at radius 3 is 2.61 bits per heavy atom. The molecule has 102 valence electrons. The molecule has 1 aromatic carbocycles. The lowest BCUT2D eigenvalue weighted by Crippen LogP contribution is -2.12. The van der Waals surface area contributed by atoms with Crippen molar-refractivity contribution >= 4 is 15.9 Å². The highest BCUT2D eigenvalue weighted by atomic mass is 79.9. The van der Waals surface area contributed by atoms with Crippen LogP contribution < -0.4 is 10.5 Å². The second kappa shape index (κ2) is 8.48. The third kappa shape index (κ3) is 5.35. The summed E-state index contributed by atoms with van der Waals surface area (Å²) in [6.07, 6.45) is 0. The third-order valence-corrected chi connectivity index (χ3v) is 2.87. The van der Waals surface area contributed by atoms with Crippen LogP contribution in [0.1, 0.15) is 18.5 Å². The molecule has 0 radical (unpaired) electrons. The van der Waals surface area contributed by atoms with Gasteiger partial charge in [0.05, 0.1) is 19.8 Å². The highest BCUT2D eigenvalue weighted by molar-refractivity contribution is 9.10. The lowest BCUT2D eigenvalue weighted by atomic mass is 10.1. The average molecular weight is 318 g/mol. The molecule has 0 aliphatic heterocycles. The molecule has 0 spiro atoms. The fraction of sp³-hybridized carbons (Fsp3) is 0.538. The number of ether oxygens (including phenoxy) is 3. The molecular weight excluding hydrogens is 298 g/mol. The third-order valence-electron chi connectivity index (χ3n) is 2.38. The van der Waals surface area contributed by atoms with E-state index in [2.05, 4.69) is 15.9 Å². The fourth-order valence-electron chi connectivity index (χ4n) is 1.46. The highest BCUT2D eigenvalue weighted by Crippen LogP contribution is 2.27. The van der Waals surface area contributed by atoms with Crippen molar-refractivity contribution in [1.29, 1.82) is 0 Å². The number of methoxy groups -OCH3 is 1. The first-order valence-corrected chi connectivity index (χ1v) is 6.69. The lowest BCUT2D eigenvalue weighted by molar-refractivity contribution is 0.0542. The molecule has 1 rings (SSSR count). The maximum absolute atomic E-state index is 5.90. The molecule has 1 aromatic rings. The fourth-order valence-corrected chi connectivity index (χ4v) is 1.84. The molecule has 0 aliphatic rings. The van der Waals surface area contributed by atoms with Gasteiger partial charge in [-0.25, -0.2) is 0 Å². The van der Waals surface area contributed by atoms with Crippen LogP contribution in [0.3, 0.4) is 0 Å². The normalized spacial score (nSPS) is 12.4. The van der Waals surface area contributed by atoms with E-state index in [1.807, 2.05) is 25.1 Å². The van der Waals surface area contributed by atoms with Gasteiger partial charge < -0.3 is 19.9 Å². The quantitative estimate of drug-likeness (QED) is 0.748. The van der Waals surface area contributed by atoms with Crippen LogP contribution in [0.4, 0.5) is 0 Å². The number of nitrogens with two attached hydrogens (primary N) is 1. The summed E-state index contributed by atoms with van der Waals surface area (Å²) in [5.41, 5.74) is 6.89. The van der Waals surface area contributed by atoms with Crippen molar-refractivity contribution in [2.24, 2.45) is 5.73 Å². The summed E-state index contributed by atoms with van der Waals surface area (Å²) < 4.78 is 16.9. The van der Waals surface area contributed by atoms with E-state index in [9.17, 15) is 0 Å². The van der Waals surface area contributed by atoms with Crippen LogP contribution >= 0.6 is 15.9 Å². The number of rotatable bonds is 8. The van der Waals surface area contributed by atoms with Crippen LogP contribution in [0.25, 0.3) is 0 Å². The van der Waals surface area contributed by atoms with E-state index in [0.717, 1.165) is 15.8 Å². The summed E-state index contributed by atoms with van der Waals surface area (Å²) in [5, 5.41) is 0. The molecule has 0 fully saturated rings. The van der Waals surface area contributed by atoms with Crippen LogP contribution in [0, 0.1) is 0 Å². The Bertz CT molecular complexity index is 358. The van der Waals surface area contributed by atoms with Gasteiger partial charge in [0.2, 0.25) is 0 Å². The zero-order chi connectivity index (χ0) is 13.4. The van der Waals surface area contributed by atoms with Gasteiger partial charge in [-0.3, -0.25) is 0 Å². The summed E-state index contributed by atoms with van der Waals surface area (Å²) in [4.78, 5) is 0. The number of hydrogen-bond donors (Lipinski definition) is 1. The van der Waals surface area contributed by atoms with Crippen LogP contribution in [0.5, 0.6) is 5.75 Å². The van der Waals surface area contributed by atoms with E-state index in [1.165, 1.54) is 0 Å². The van der Waals surface area contributed by atoms with E-state index in [0.29, 0.717) is 26.4 Å². The van der Waals surface area contributed by atoms with Gasteiger partial charge in [-0.1, -0.05) is 15.9 Å². The maximum Gasteiger partial charge on any atom is 0.124 e. The minimum absolute atomic E-state index is 0.0630. The van der Waals surface area contributed by atoms with E-state index >= 15 is 0 Å². The van der Waals surface area contributed by atoms with Gasteiger partial charge in [0.1, 0.15) is 12.4 Å². The number of hydrogen-bond acceptors (Lipinski definition) is 4. The second-order valence-corrected chi connectivity index (χ2v) is 4.84.